The highest BCUT2D eigenvalue weighted by Crippen LogP contribution is 2.21. The fourth-order valence-corrected chi connectivity index (χ4v) is 6.04. The van der Waals surface area contributed by atoms with E-state index in [-0.39, 0.29) is 24.7 Å². The molecular weight excluding hydrogens is 576 g/mol. The summed E-state index contributed by atoms with van der Waals surface area (Å²) in [6.45, 7) is 12.8. The third-order valence-electron chi connectivity index (χ3n) is 9.54. The van der Waals surface area contributed by atoms with Gasteiger partial charge in [0, 0.05) is 0 Å². The van der Waals surface area contributed by atoms with E-state index in [0.29, 0.717) is 12.8 Å². The van der Waals surface area contributed by atoms with Crippen molar-refractivity contribution in [1.29, 1.82) is 0 Å². The zero-order valence-corrected chi connectivity index (χ0v) is 31.1. The van der Waals surface area contributed by atoms with Gasteiger partial charge >= 0.3 is 23.9 Å². The fourth-order valence-electron chi connectivity index (χ4n) is 6.04. The van der Waals surface area contributed by atoms with Crippen LogP contribution in [0.4, 0.5) is 0 Å². The van der Waals surface area contributed by atoms with Crippen LogP contribution in [0.15, 0.2) is 0 Å². The van der Waals surface area contributed by atoms with Gasteiger partial charge in [-0.15, -0.1) is 0 Å². The summed E-state index contributed by atoms with van der Waals surface area (Å²) in [7, 11) is 0. The van der Waals surface area contributed by atoms with Crippen molar-refractivity contribution in [2.75, 3.05) is 0 Å². The van der Waals surface area contributed by atoms with Gasteiger partial charge in [0.2, 0.25) is 0 Å². The molecule has 0 aromatic heterocycles. The van der Waals surface area contributed by atoms with Crippen LogP contribution in [0, 0.1) is 23.7 Å². The predicted octanol–water partition coefficient (Wildman–Crippen LogP) is 11.9. The van der Waals surface area contributed by atoms with E-state index in [0.717, 1.165) is 37.5 Å². The molecule has 0 radical (unpaired) electrons. The molecule has 0 aliphatic heterocycles. The molecule has 0 aromatic carbocycles. The number of esters is 4. The van der Waals surface area contributed by atoms with Crippen molar-refractivity contribution in [1.82, 2.24) is 0 Å². The molecule has 0 N–H and O–H groups in total. The fraction of sp³-hybridized carbons (Fsp3) is 0.900. The molecule has 0 amide bonds. The zero-order valence-electron chi connectivity index (χ0n) is 31.1. The molecule has 4 unspecified atom stereocenters. The highest BCUT2D eigenvalue weighted by molar-refractivity contribution is 5.90. The second-order valence-corrected chi connectivity index (χ2v) is 14.5. The molecule has 0 spiro atoms. The van der Waals surface area contributed by atoms with Gasteiger partial charge in [0.05, 0.1) is 24.7 Å². The molecule has 0 aliphatic carbocycles. The average molecular weight is 651 g/mol. The Kier molecular flexibility index (Phi) is 29.5. The van der Waals surface area contributed by atoms with E-state index in [9.17, 15) is 19.2 Å². The average Bonchev–Trinajstić information content (AvgIpc) is 3.02. The number of ether oxygens (including phenoxy) is 2. The number of carbonyl (C=O) groups excluding carboxylic acids is 4. The lowest BCUT2D eigenvalue weighted by atomic mass is 9.95. The molecule has 46 heavy (non-hydrogen) atoms. The molecule has 4 atom stereocenters. The first-order valence-electron chi connectivity index (χ1n) is 19.6. The van der Waals surface area contributed by atoms with Gasteiger partial charge in [-0.05, 0) is 24.7 Å². The number of hydrogen-bond donors (Lipinski definition) is 0. The van der Waals surface area contributed by atoms with Crippen LogP contribution in [-0.4, -0.2) is 23.9 Å². The van der Waals surface area contributed by atoms with Crippen LogP contribution >= 0.6 is 0 Å². The minimum atomic E-state index is -0.746. The second kappa shape index (κ2) is 30.6. The Labute approximate surface area is 284 Å². The summed E-state index contributed by atoms with van der Waals surface area (Å²) in [5, 5.41) is 0. The molecule has 0 heterocycles. The van der Waals surface area contributed by atoms with E-state index in [4.69, 9.17) is 9.47 Å². The normalized spacial score (nSPS) is 14.0. The van der Waals surface area contributed by atoms with Crippen molar-refractivity contribution in [2.45, 2.75) is 208 Å². The van der Waals surface area contributed by atoms with Gasteiger partial charge < -0.3 is 9.47 Å². The Balaban J connectivity index is 3.88. The van der Waals surface area contributed by atoms with Gasteiger partial charge in [0.1, 0.15) is 0 Å². The van der Waals surface area contributed by atoms with Crippen LogP contribution in [0.1, 0.15) is 208 Å². The van der Waals surface area contributed by atoms with E-state index in [1.807, 2.05) is 0 Å². The standard InChI is InChI=1S/C40H74O6/c1-7-9-11-13-19-25-33(3)27-21-15-17-23-29-35(5)39(43)45-37(41)31-32-38(42)46-40(44)36(6)30-24-18-16-22-28-34(4)26-20-14-12-10-8-2/h33-36H,7-32H2,1-6H3. The lowest BCUT2D eigenvalue weighted by Gasteiger charge is -2.12. The van der Waals surface area contributed by atoms with E-state index in [1.54, 1.807) is 13.8 Å². The van der Waals surface area contributed by atoms with Crippen LogP contribution in [0.25, 0.3) is 0 Å². The number of rotatable bonds is 31. The third-order valence-corrected chi connectivity index (χ3v) is 9.54. The molecule has 6 nitrogen and oxygen atoms in total. The van der Waals surface area contributed by atoms with Gasteiger partial charge in [0.25, 0.3) is 0 Å². The SMILES string of the molecule is CCCCCCCC(C)CCCCCCC(C)C(=O)OC(=O)CCC(=O)OC(=O)C(C)CCCCCCC(C)CCCCCCC. The Morgan fingerprint density at radius 1 is 0.391 bits per heavy atom. The highest BCUT2D eigenvalue weighted by Gasteiger charge is 2.21. The van der Waals surface area contributed by atoms with Crippen molar-refractivity contribution in [3.8, 4) is 0 Å². The lowest BCUT2D eigenvalue weighted by molar-refractivity contribution is -0.167. The molecule has 0 aromatic rings. The molecule has 0 saturated heterocycles. The minimum Gasteiger partial charge on any atom is -0.393 e. The molecule has 6 heteroatoms. The number of carbonyl (C=O) groups is 4. The van der Waals surface area contributed by atoms with Crippen molar-refractivity contribution >= 4 is 23.9 Å². The quantitative estimate of drug-likeness (QED) is 0.0421. The Bertz CT molecular complexity index is 714. The molecule has 0 aliphatic rings. The smallest absolute Gasteiger partial charge is 0.316 e. The summed E-state index contributed by atoms with van der Waals surface area (Å²) < 4.78 is 9.90. The summed E-state index contributed by atoms with van der Waals surface area (Å²) in [6.07, 6.45) is 28.2. The van der Waals surface area contributed by atoms with Crippen LogP contribution in [0.5, 0.6) is 0 Å². The Morgan fingerprint density at radius 3 is 0.935 bits per heavy atom. The molecular formula is C40H74O6. The number of unbranched alkanes of at least 4 members (excludes halogenated alkanes) is 14. The monoisotopic (exact) mass is 651 g/mol. The van der Waals surface area contributed by atoms with Crippen molar-refractivity contribution in [3.63, 3.8) is 0 Å². The predicted molar refractivity (Wildman–Crippen MR) is 190 cm³/mol. The van der Waals surface area contributed by atoms with Gasteiger partial charge in [-0.2, -0.15) is 0 Å². The van der Waals surface area contributed by atoms with Crippen LogP contribution in [0.3, 0.4) is 0 Å². The second-order valence-electron chi connectivity index (χ2n) is 14.5. The van der Waals surface area contributed by atoms with Crippen LogP contribution in [-0.2, 0) is 28.7 Å². The maximum absolute atomic E-state index is 12.3. The van der Waals surface area contributed by atoms with Crippen molar-refractivity contribution in [3.05, 3.63) is 0 Å². The first kappa shape index (κ1) is 44.3. The molecule has 0 saturated carbocycles. The Morgan fingerprint density at radius 2 is 0.652 bits per heavy atom. The largest absolute Gasteiger partial charge is 0.393 e. The maximum atomic E-state index is 12.3. The summed E-state index contributed by atoms with van der Waals surface area (Å²) in [6, 6.07) is 0. The molecule has 270 valence electrons. The van der Waals surface area contributed by atoms with E-state index in [1.165, 1.54) is 116 Å². The minimum absolute atomic E-state index is 0.271. The highest BCUT2D eigenvalue weighted by atomic mass is 16.6. The van der Waals surface area contributed by atoms with E-state index in [2.05, 4.69) is 27.7 Å². The zero-order chi connectivity index (χ0) is 34.4. The first-order valence-corrected chi connectivity index (χ1v) is 19.6. The van der Waals surface area contributed by atoms with Crippen molar-refractivity contribution in [2.24, 2.45) is 23.7 Å². The summed E-state index contributed by atoms with van der Waals surface area (Å²) in [4.78, 5) is 48.8. The van der Waals surface area contributed by atoms with Crippen LogP contribution in [0.2, 0.25) is 0 Å². The van der Waals surface area contributed by atoms with Gasteiger partial charge in [0.15, 0.2) is 0 Å². The topological polar surface area (TPSA) is 86.7 Å². The van der Waals surface area contributed by atoms with Gasteiger partial charge in [-0.25, -0.2) is 0 Å². The number of hydrogen-bond acceptors (Lipinski definition) is 6. The summed E-state index contributed by atoms with van der Waals surface area (Å²) in [5.41, 5.74) is 0. The first-order chi connectivity index (χ1) is 22.1. The van der Waals surface area contributed by atoms with E-state index >= 15 is 0 Å². The molecule has 0 rings (SSSR count). The maximum Gasteiger partial charge on any atom is 0.316 e. The summed E-state index contributed by atoms with van der Waals surface area (Å²) in [5.74, 6) is -1.73. The Hall–Kier alpha value is -1.72. The van der Waals surface area contributed by atoms with Crippen molar-refractivity contribution < 1.29 is 28.7 Å². The van der Waals surface area contributed by atoms with Gasteiger partial charge in [-0.3, -0.25) is 19.2 Å². The van der Waals surface area contributed by atoms with E-state index < -0.39 is 23.9 Å². The molecule has 0 fully saturated rings. The molecule has 0 bridgehead atoms. The lowest BCUT2D eigenvalue weighted by Crippen LogP contribution is -2.22. The third kappa shape index (κ3) is 27.4. The van der Waals surface area contributed by atoms with Crippen LogP contribution < -0.4 is 0 Å². The summed E-state index contributed by atoms with van der Waals surface area (Å²) >= 11 is 0. The van der Waals surface area contributed by atoms with Gasteiger partial charge in [-0.1, -0.05) is 183 Å².